The lowest BCUT2D eigenvalue weighted by Gasteiger charge is -2.18. The number of benzene rings is 1. The van der Waals surface area contributed by atoms with Gasteiger partial charge in [0, 0.05) is 6.42 Å². The molecular formula is C14H20ClN3O4. The molecule has 1 aromatic rings. The molecule has 22 heavy (non-hydrogen) atoms. The minimum Gasteiger partial charge on any atom is -0.467 e. The number of nitrogens with one attached hydrogen (secondary N) is 1. The van der Waals surface area contributed by atoms with Gasteiger partial charge in [0.2, 0.25) is 11.8 Å². The summed E-state index contributed by atoms with van der Waals surface area (Å²) in [5.74, 6) is -1.89. The van der Waals surface area contributed by atoms with Gasteiger partial charge < -0.3 is 21.5 Å². The van der Waals surface area contributed by atoms with E-state index in [4.69, 9.17) is 11.5 Å². The molecule has 0 aliphatic heterocycles. The molecule has 0 aromatic heterocycles. The van der Waals surface area contributed by atoms with Crippen molar-refractivity contribution in [1.29, 1.82) is 0 Å². The Labute approximate surface area is 134 Å². The standard InChI is InChI=1S/C14H19N3O4.ClH/c1-21-14(20)11(7-9-5-3-2-4-6-9)17-13(19)10(15)8-12(16)18;/h2-6,10-11H,7-8,15H2,1H3,(H2,16,18)(H,17,19);1H. The molecule has 2 unspecified atom stereocenters. The van der Waals surface area contributed by atoms with Gasteiger partial charge in [0.15, 0.2) is 0 Å². The molecule has 0 heterocycles. The molecule has 7 nitrogen and oxygen atoms in total. The average molecular weight is 330 g/mol. The van der Waals surface area contributed by atoms with Crippen LogP contribution in [0, 0.1) is 0 Å². The first-order valence-corrected chi connectivity index (χ1v) is 6.40. The third-order valence-corrected chi connectivity index (χ3v) is 2.84. The number of carbonyl (C=O) groups is 3. The first-order chi connectivity index (χ1) is 9.93. The van der Waals surface area contributed by atoms with Crippen molar-refractivity contribution in [3.05, 3.63) is 35.9 Å². The fraction of sp³-hybridized carbons (Fsp3) is 0.357. The number of halogens is 1. The molecule has 1 aromatic carbocycles. The van der Waals surface area contributed by atoms with Gasteiger partial charge in [-0.1, -0.05) is 30.3 Å². The van der Waals surface area contributed by atoms with Gasteiger partial charge in [-0.3, -0.25) is 9.59 Å². The minimum atomic E-state index is -1.09. The zero-order valence-electron chi connectivity index (χ0n) is 12.2. The molecule has 2 amide bonds. The Morgan fingerprint density at radius 2 is 1.82 bits per heavy atom. The van der Waals surface area contributed by atoms with Crippen LogP contribution in [-0.2, 0) is 25.5 Å². The van der Waals surface area contributed by atoms with Crippen LogP contribution in [-0.4, -0.2) is 37.0 Å². The average Bonchev–Trinajstić information content (AvgIpc) is 2.46. The molecule has 0 bridgehead atoms. The van der Waals surface area contributed by atoms with Gasteiger partial charge in [0.05, 0.1) is 19.6 Å². The van der Waals surface area contributed by atoms with Gasteiger partial charge in [-0.05, 0) is 5.56 Å². The lowest BCUT2D eigenvalue weighted by molar-refractivity contribution is -0.145. The summed E-state index contributed by atoms with van der Waals surface area (Å²) in [6.07, 6.45) is -0.0202. The van der Waals surface area contributed by atoms with Crippen molar-refractivity contribution < 1.29 is 19.1 Å². The molecule has 0 radical (unpaired) electrons. The third-order valence-electron chi connectivity index (χ3n) is 2.84. The number of primary amides is 1. The van der Waals surface area contributed by atoms with Crippen molar-refractivity contribution in [3.63, 3.8) is 0 Å². The van der Waals surface area contributed by atoms with Crippen LogP contribution in [0.1, 0.15) is 12.0 Å². The van der Waals surface area contributed by atoms with Crippen LogP contribution in [0.4, 0.5) is 0 Å². The Kier molecular flexibility index (Phi) is 8.81. The molecule has 1 rings (SSSR count). The van der Waals surface area contributed by atoms with Gasteiger partial charge in [-0.2, -0.15) is 0 Å². The number of nitrogens with two attached hydrogens (primary N) is 2. The smallest absolute Gasteiger partial charge is 0.328 e. The van der Waals surface area contributed by atoms with Crippen LogP contribution in [0.25, 0.3) is 0 Å². The predicted octanol–water partition coefficient (Wildman–Crippen LogP) is -0.489. The molecular weight excluding hydrogens is 310 g/mol. The highest BCUT2D eigenvalue weighted by Gasteiger charge is 2.25. The van der Waals surface area contributed by atoms with E-state index < -0.39 is 29.9 Å². The highest BCUT2D eigenvalue weighted by Crippen LogP contribution is 2.05. The number of ether oxygens (including phenoxy) is 1. The largest absolute Gasteiger partial charge is 0.467 e. The molecule has 0 fully saturated rings. The molecule has 5 N–H and O–H groups in total. The van der Waals surface area contributed by atoms with Gasteiger partial charge in [0.1, 0.15) is 6.04 Å². The lowest BCUT2D eigenvalue weighted by Crippen LogP contribution is -2.50. The van der Waals surface area contributed by atoms with Crippen molar-refractivity contribution in [2.45, 2.75) is 24.9 Å². The van der Waals surface area contributed by atoms with E-state index in [1.54, 1.807) is 0 Å². The number of hydrogen-bond donors (Lipinski definition) is 3. The molecule has 8 heteroatoms. The predicted molar refractivity (Wildman–Crippen MR) is 83.1 cm³/mol. The third kappa shape index (κ3) is 6.55. The second-order valence-corrected chi connectivity index (χ2v) is 4.55. The highest BCUT2D eigenvalue weighted by molar-refractivity contribution is 5.90. The maximum absolute atomic E-state index is 11.8. The van der Waals surface area contributed by atoms with Crippen LogP contribution < -0.4 is 16.8 Å². The Morgan fingerprint density at radius 1 is 1.23 bits per heavy atom. The van der Waals surface area contributed by atoms with E-state index in [0.29, 0.717) is 0 Å². The maximum atomic E-state index is 11.8. The molecule has 0 saturated heterocycles. The monoisotopic (exact) mass is 329 g/mol. The van der Waals surface area contributed by atoms with Crippen LogP contribution in [0.5, 0.6) is 0 Å². The molecule has 0 aliphatic rings. The summed E-state index contributed by atoms with van der Waals surface area (Å²) < 4.78 is 4.66. The SMILES string of the molecule is COC(=O)C(Cc1ccccc1)NC(=O)C(N)CC(N)=O.Cl. The molecule has 122 valence electrons. The zero-order chi connectivity index (χ0) is 15.8. The molecule has 0 saturated carbocycles. The van der Waals surface area contributed by atoms with Crippen LogP contribution in [0.3, 0.4) is 0 Å². The van der Waals surface area contributed by atoms with E-state index in [1.807, 2.05) is 30.3 Å². The summed E-state index contributed by atoms with van der Waals surface area (Å²) >= 11 is 0. The number of rotatable bonds is 7. The first kappa shape index (κ1) is 19.9. The number of methoxy groups -OCH3 is 1. The van der Waals surface area contributed by atoms with Crippen molar-refractivity contribution in [2.24, 2.45) is 11.5 Å². The van der Waals surface area contributed by atoms with Crippen LogP contribution in [0.2, 0.25) is 0 Å². The van der Waals surface area contributed by atoms with Crippen molar-refractivity contribution >= 4 is 30.2 Å². The summed E-state index contributed by atoms with van der Waals surface area (Å²) in [4.78, 5) is 34.3. The molecule has 0 aliphatic carbocycles. The van der Waals surface area contributed by atoms with Crippen LogP contribution >= 0.6 is 12.4 Å². The van der Waals surface area contributed by atoms with Gasteiger partial charge in [0.25, 0.3) is 0 Å². The molecule has 0 spiro atoms. The zero-order valence-corrected chi connectivity index (χ0v) is 13.0. The normalized spacial score (nSPS) is 12.5. The summed E-state index contributed by atoms with van der Waals surface area (Å²) in [7, 11) is 1.23. The number of hydrogen-bond acceptors (Lipinski definition) is 5. The number of carbonyl (C=O) groups excluding carboxylic acids is 3. The van der Waals surface area contributed by atoms with Crippen molar-refractivity contribution in [1.82, 2.24) is 5.32 Å². The van der Waals surface area contributed by atoms with Crippen molar-refractivity contribution in [3.8, 4) is 0 Å². The lowest BCUT2D eigenvalue weighted by atomic mass is 10.1. The fourth-order valence-corrected chi connectivity index (χ4v) is 1.77. The van der Waals surface area contributed by atoms with E-state index in [2.05, 4.69) is 10.1 Å². The quantitative estimate of drug-likeness (QED) is 0.582. The Bertz CT molecular complexity index is 510. The Morgan fingerprint density at radius 3 is 2.32 bits per heavy atom. The minimum absolute atomic E-state index is 0. The van der Waals surface area contributed by atoms with Gasteiger partial charge >= 0.3 is 5.97 Å². The Hall–Kier alpha value is -2.12. The first-order valence-electron chi connectivity index (χ1n) is 6.40. The summed E-state index contributed by atoms with van der Waals surface area (Å²) in [5, 5.41) is 2.48. The van der Waals surface area contributed by atoms with Gasteiger partial charge in [-0.25, -0.2) is 4.79 Å². The van der Waals surface area contributed by atoms with E-state index in [-0.39, 0.29) is 25.2 Å². The highest BCUT2D eigenvalue weighted by atomic mass is 35.5. The van der Waals surface area contributed by atoms with Gasteiger partial charge in [-0.15, -0.1) is 12.4 Å². The van der Waals surface area contributed by atoms with E-state index in [0.717, 1.165) is 5.56 Å². The summed E-state index contributed by atoms with van der Waals surface area (Å²) in [5.41, 5.74) is 11.4. The maximum Gasteiger partial charge on any atom is 0.328 e. The van der Waals surface area contributed by atoms with Crippen molar-refractivity contribution in [2.75, 3.05) is 7.11 Å². The Balaban J connectivity index is 0.00000441. The number of amides is 2. The second-order valence-electron chi connectivity index (χ2n) is 4.55. The summed E-state index contributed by atoms with van der Waals surface area (Å²) in [6, 6.07) is 7.18. The molecule has 2 atom stereocenters. The van der Waals surface area contributed by atoms with E-state index in [9.17, 15) is 14.4 Å². The van der Waals surface area contributed by atoms with Crippen LogP contribution in [0.15, 0.2) is 30.3 Å². The topological polar surface area (TPSA) is 125 Å². The van der Waals surface area contributed by atoms with E-state index in [1.165, 1.54) is 7.11 Å². The fourth-order valence-electron chi connectivity index (χ4n) is 1.77. The summed E-state index contributed by atoms with van der Waals surface area (Å²) in [6.45, 7) is 0. The number of esters is 1. The second kappa shape index (κ2) is 9.75. The van der Waals surface area contributed by atoms with E-state index >= 15 is 0 Å².